The fourth-order valence-corrected chi connectivity index (χ4v) is 3.17. The molecule has 0 radical (unpaired) electrons. The second kappa shape index (κ2) is 6.14. The van der Waals surface area contributed by atoms with E-state index in [1.54, 1.807) is 12.1 Å². The van der Waals surface area contributed by atoms with Crippen LogP contribution in [-0.2, 0) is 11.3 Å². The van der Waals surface area contributed by atoms with Gasteiger partial charge in [0.1, 0.15) is 5.82 Å². The van der Waals surface area contributed by atoms with Gasteiger partial charge in [-0.3, -0.25) is 9.69 Å². The second-order valence-electron chi connectivity index (χ2n) is 6.39. The molecule has 1 saturated carbocycles. The number of carbonyl (C=O) groups is 1. The van der Waals surface area contributed by atoms with Crippen molar-refractivity contribution in [3.05, 3.63) is 35.6 Å². The Kier molecular flexibility index (Phi) is 4.24. The van der Waals surface area contributed by atoms with Gasteiger partial charge in [0.25, 0.3) is 0 Å². The summed E-state index contributed by atoms with van der Waals surface area (Å²) in [6.07, 6.45) is 4.46. The van der Waals surface area contributed by atoms with Crippen molar-refractivity contribution in [3.63, 3.8) is 0 Å². The molecule has 1 amide bonds. The minimum absolute atomic E-state index is 0.0312. The zero-order valence-electron chi connectivity index (χ0n) is 12.5. The van der Waals surface area contributed by atoms with Crippen molar-refractivity contribution in [2.24, 2.45) is 5.92 Å². The maximum atomic E-state index is 13.0. The maximum Gasteiger partial charge on any atom is 0.237 e. The number of nitrogens with one attached hydrogen (secondary N) is 1. The van der Waals surface area contributed by atoms with Gasteiger partial charge in [0.2, 0.25) is 5.91 Å². The van der Waals surface area contributed by atoms with E-state index in [2.05, 4.69) is 17.1 Å². The Hall–Kier alpha value is -1.42. The molecule has 1 aromatic rings. The lowest BCUT2D eigenvalue weighted by molar-refractivity contribution is -0.126. The van der Waals surface area contributed by atoms with Gasteiger partial charge < -0.3 is 5.32 Å². The predicted octanol–water partition coefficient (Wildman–Crippen LogP) is 2.70. The second-order valence-corrected chi connectivity index (χ2v) is 6.39. The molecule has 0 bridgehead atoms. The number of benzene rings is 1. The van der Waals surface area contributed by atoms with Crippen LogP contribution in [0.25, 0.3) is 0 Å². The number of carbonyl (C=O) groups excluding carboxylic acids is 1. The van der Waals surface area contributed by atoms with Gasteiger partial charge in [-0.25, -0.2) is 4.39 Å². The van der Waals surface area contributed by atoms with Crippen LogP contribution in [0.1, 0.15) is 38.2 Å². The van der Waals surface area contributed by atoms with Gasteiger partial charge in [0.05, 0.1) is 6.04 Å². The Labute approximate surface area is 125 Å². The molecule has 3 nitrogen and oxygen atoms in total. The molecule has 1 N–H and O–H groups in total. The summed E-state index contributed by atoms with van der Waals surface area (Å²) in [5.74, 6) is 0.627. The number of nitrogens with zero attached hydrogens (tertiary/aromatic N) is 1. The molecule has 1 aromatic carbocycles. The first kappa shape index (κ1) is 14.5. The van der Waals surface area contributed by atoms with Gasteiger partial charge >= 0.3 is 0 Å². The fourth-order valence-electron chi connectivity index (χ4n) is 3.17. The molecule has 1 saturated heterocycles. The van der Waals surface area contributed by atoms with Crippen molar-refractivity contribution in [2.75, 3.05) is 6.54 Å². The third kappa shape index (κ3) is 3.62. The van der Waals surface area contributed by atoms with Crippen LogP contribution in [0.3, 0.4) is 0 Å². The van der Waals surface area contributed by atoms with E-state index < -0.39 is 0 Å². The zero-order valence-corrected chi connectivity index (χ0v) is 12.5. The molecule has 1 aliphatic carbocycles. The van der Waals surface area contributed by atoms with E-state index >= 15 is 0 Å². The standard InChI is InChI=1S/C17H23FN2O/c1-12(14-6-7-14)19-17(21)16-3-2-10-20(16)11-13-4-8-15(18)9-5-13/h4-5,8-9,12,14,16H,2-3,6-7,10-11H2,1H3,(H,19,21). The Balaban J connectivity index is 1.59. The Morgan fingerprint density at radius 2 is 2.05 bits per heavy atom. The van der Waals surface area contributed by atoms with Crippen LogP contribution in [0.2, 0.25) is 0 Å². The lowest BCUT2D eigenvalue weighted by Crippen LogP contribution is -2.46. The highest BCUT2D eigenvalue weighted by atomic mass is 19.1. The van der Waals surface area contributed by atoms with Gasteiger partial charge in [-0.05, 0) is 62.8 Å². The van der Waals surface area contributed by atoms with Crippen molar-refractivity contribution < 1.29 is 9.18 Å². The minimum Gasteiger partial charge on any atom is -0.352 e. The Morgan fingerprint density at radius 3 is 2.71 bits per heavy atom. The first-order chi connectivity index (χ1) is 10.1. The summed E-state index contributed by atoms with van der Waals surface area (Å²) < 4.78 is 13.0. The molecule has 2 unspecified atom stereocenters. The third-order valence-electron chi connectivity index (χ3n) is 4.66. The number of hydrogen-bond donors (Lipinski definition) is 1. The van der Waals surface area contributed by atoms with Crippen LogP contribution in [0.4, 0.5) is 4.39 Å². The summed E-state index contributed by atoms with van der Waals surface area (Å²) in [6.45, 7) is 3.76. The van der Waals surface area contributed by atoms with Gasteiger partial charge in [0, 0.05) is 12.6 Å². The topological polar surface area (TPSA) is 32.3 Å². The van der Waals surface area contributed by atoms with Gasteiger partial charge in [-0.15, -0.1) is 0 Å². The Morgan fingerprint density at radius 1 is 1.33 bits per heavy atom. The van der Waals surface area contributed by atoms with Crippen LogP contribution in [-0.4, -0.2) is 29.4 Å². The van der Waals surface area contributed by atoms with Crippen LogP contribution < -0.4 is 5.32 Å². The van der Waals surface area contributed by atoms with Crippen molar-refractivity contribution >= 4 is 5.91 Å². The van der Waals surface area contributed by atoms with Crippen molar-refractivity contribution in [1.82, 2.24) is 10.2 Å². The molecule has 2 atom stereocenters. The summed E-state index contributed by atoms with van der Waals surface area (Å²) in [6, 6.07) is 6.83. The van der Waals surface area contributed by atoms with Gasteiger partial charge in [0.15, 0.2) is 0 Å². The SMILES string of the molecule is CC(NC(=O)C1CCCN1Cc1ccc(F)cc1)C1CC1. The number of amides is 1. The van der Waals surface area contributed by atoms with Crippen LogP contribution in [0.15, 0.2) is 24.3 Å². The van der Waals surface area contributed by atoms with E-state index in [9.17, 15) is 9.18 Å². The molecular formula is C17H23FN2O. The minimum atomic E-state index is -0.215. The highest BCUT2D eigenvalue weighted by molar-refractivity contribution is 5.82. The van der Waals surface area contributed by atoms with E-state index in [1.165, 1.54) is 25.0 Å². The number of rotatable bonds is 5. The van der Waals surface area contributed by atoms with Crippen LogP contribution in [0.5, 0.6) is 0 Å². The number of hydrogen-bond acceptors (Lipinski definition) is 2. The molecule has 0 spiro atoms. The summed E-state index contributed by atoms with van der Waals surface area (Å²) in [7, 11) is 0. The molecule has 1 aliphatic heterocycles. The molecular weight excluding hydrogens is 267 g/mol. The summed E-state index contributed by atoms with van der Waals surface area (Å²) in [5.41, 5.74) is 1.06. The summed E-state index contributed by atoms with van der Waals surface area (Å²) in [4.78, 5) is 14.6. The van der Waals surface area contributed by atoms with E-state index in [0.717, 1.165) is 31.5 Å². The van der Waals surface area contributed by atoms with E-state index in [-0.39, 0.29) is 17.8 Å². The normalized spacial score (nSPS) is 24.0. The number of likely N-dealkylation sites (tertiary alicyclic amines) is 1. The molecule has 114 valence electrons. The molecule has 0 aromatic heterocycles. The zero-order chi connectivity index (χ0) is 14.8. The highest BCUT2D eigenvalue weighted by Crippen LogP contribution is 2.32. The fraction of sp³-hybridized carbons (Fsp3) is 0.588. The first-order valence-corrected chi connectivity index (χ1v) is 7.92. The van der Waals surface area contributed by atoms with E-state index in [0.29, 0.717) is 12.0 Å². The van der Waals surface area contributed by atoms with Crippen molar-refractivity contribution in [3.8, 4) is 0 Å². The van der Waals surface area contributed by atoms with Gasteiger partial charge in [-0.1, -0.05) is 12.1 Å². The molecule has 2 fully saturated rings. The van der Waals surface area contributed by atoms with Gasteiger partial charge in [-0.2, -0.15) is 0 Å². The number of halogens is 1. The monoisotopic (exact) mass is 290 g/mol. The largest absolute Gasteiger partial charge is 0.352 e. The predicted molar refractivity (Wildman–Crippen MR) is 80.2 cm³/mol. The lowest BCUT2D eigenvalue weighted by atomic mass is 10.1. The average molecular weight is 290 g/mol. The van der Waals surface area contributed by atoms with Crippen molar-refractivity contribution in [2.45, 2.75) is 51.2 Å². The highest BCUT2D eigenvalue weighted by Gasteiger charge is 2.34. The van der Waals surface area contributed by atoms with Crippen LogP contribution in [0, 0.1) is 11.7 Å². The molecule has 21 heavy (non-hydrogen) atoms. The molecule has 3 rings (SSSR count). The summed E-state index contributed by atoms with van der Waals surface area (Å²) >= 11 is 0. The maximum absolute atomic E-state index is 13.0. The van der Waals surface area contributed by atoms with E-state index in [4.69, 9.17) is 0 Å². The molecule has 4 heteroatoms. The lowest BCUT2D eigenvalue weighted by Gasteiger charge is -2.25. The summed E-state index contributed by atoms with van der Waals surface area (Å²) in [5, 5.41) is 3.17. The Bertz CT molecular complexity index is 498. The first-order valence-electron chi connectivity index (χ1n) is 7.92. The smallest absolute Gasteiger partial charge is 0.237 e. The van der Waals surface area contributed by atoms with Crippen LogP contribution >= 0.6 is 0 Å². The molecule has 2 aliphatic rings. The van der Waals surface area contributed by atoms with Crippen molar-refractivity contribution in [1.29, 1.82) is 0 Å². The quantitative estimate of drug-likeness (QED) is 0.904. The third-order valence-corrected chi connectivity index (χ3v) is 4.66. The average Bonchev–Trinajstić information content (AvgIpc) is 3.22. The van der Waals surface area contributed by atoms with E-state index in [1.807, 2.05) is 0 Å². The molecule has 1 heterocycles.